The van der Waals surface area contributed by atoms with Gasteiger partial charge in [-0.3, -0.25) is 9.05 Å². The molecule has 3 aromatic rings. The number of pyridine rings is 1. The fourth-order valence-corrected chi connectivity index (χ4v) is 6.26. The highest BCUT2D eigenvalue weighted by Gasteiger charge is 2.46. The molecule has 17 heteroatoms. The molecule has 286 valence electrons. The minimum Gasteiger partial charge on any atom is -0.469 e. The fraction of sp³-hybridized carbons (Fsp3) is 0.629. The van der Waals surface area contributed by atoms with Crippen LogP contribution >= 0.6 is 7.82 Å². The minimum absolute atomic E-state index is 0.00976. The fourth-order valence-electron chi connectivity index (χ4n) is 5.48. The van der Waals surface area contributed by atoms with E-state index in [9.17, 15) is 24.9 Å². The van der Waals surface area contributed by atoms with Crippen molar-refractivity contribution in [3.05, 3.63) is 48.0 Å². The zero-order valence-corrected chi connectivity index (χ0v) is 30.9. The van der Waals surface area contributed by atoms with E-state index in [1.165, 1.54) is 92.8 Å². The SMILES string of the molecule is CCCCCCCCCCCCCCOC[C@H](COP(=O)(O)OC[C@@](C#N)(OC)[C@@H](O)[C@@H](O)c1ccc2c(N)ncnn12)Oc1ccc(C#N)cn1. The van der Waals surface area contributed by atoms with E-state index in [1.807, 2.05) is 6.07 Å². The van der Waals surface area contributed by atoms with E-state index in [1.54, 1.807) is 6.07 Å². The molecule has 16 nitrogen and oxygen atoms in total. The topological polar surface area (TPSA) is 241 Å². The Labute approximate surface area is 305 Å². The van der Waals surface area contributed by atoms with Crippen LogP contribution in [0.15, 0.2) is 36.8 Å². The Kier molecular flexibility index (Phi) is 18.4. The van der Waals surface area contributed by atoms with E-state index in [0.717, 1.165) is 32.7 Å². The van der Waals surface area contributed by atoms with Crippen LogP contribution in [0.2, 0.25) is 0 Å². The molecule has 52 heavy (non-hydrogen) atoms. The zero-order chi connectivity index (χ0) is 37.8. The van der Waals surface area contributed by atoms with E-state index in [4.69, 9.17) is 34.3 Å². The van der Waals surface area contributed by atoms with Crippen molar-refractivity contribution in [3.63, 3.8) is 0 Å². The lowest BCUT2D eigenvalue weighted by atomic mass is 9.93. The quantitative estimate of drug-likeness (QED) is 0.0580. The van der Waals surface area contributed by atoms with Crippen molar-refractivity contribution in [1.82, 2.24) is 19.6 Å². The van der Waals surface area contributed by atoms with Gasteiger partial charge in [-0.25, -0.2) is 19.0 Å². The van der Waals surface area contributed by atoms with Crippen LogP contribution in [-0.2, 0) is 23.1 Å². The first kappa shape index (κ1) is 42.7. The summed E-state index contributed by atoms with van der Waals surface area (Å²) in [7, 11) is -3.83. The molecule has 5 N–H and O–H groups in total. The molecular weight excluding hydrogens is 693 g/mol. The van der Waals surface area contributed by atoms with Crippen LogP contribution in [-0.4, -0.2) is 86.0 Å². The number of nitrogens with two attached hydrogens (primary N) is 1. The summed E-state index contributed by atoms with van der Waals surface area (Å²) in [4.78, 5) is 18.5. The molecule has 0 aromatic carbocycles. The number of fused-ring (bicyclic) bond motifs is 1. The normalized spacial score (nSPS) is 15.6. The second kappa shape index (κ2) is 22.4. The Morgan fingerprint density at radius 3 is 2.21 bits per heavy atom. The molecule has 1 unspecified atom stereocenters. The van der Waals surface area contributed by atoms with Crippen LogP contribution in [0.3, 0.4) is 0 Å². The highest BCUT2D eigenvalue weighted by Crippen LogP contribution is 2.45. The Hall–Kier alpha value is -3.70. The number of nitrogens with zero attached hydrogens (tertiary/aromatic N) is 6. The maximum absolute atomic E-state index is 13.0. The van der Waals surface area contributed by atoms with Crippen LogP contribution in [0, 0.1) is 22.7 Å². The maximum Gasteiger partial charge on any atom is 0.472 e. The number of ether oxygens (including phenoxy) is 3. The maximum atomic E-state index is 13.0. The van der Waals surface area contributed by atoms with Gasteiger partial charge < -0.3 is 35.1 Å². The summed E-state index contributed by atoms with van der Waals surface area (Å²) in [6.45, 7) is 1.21. The van der Waals surface area contributed by atoms with E-state index in [-0.39, 0.29) is 24.0 Å². The summed E-state index contributed by atoms with van der Waals surface area (Å²) in [6.07, 6.45) is 12.3. The number of aliphatic hydroxyl groups excluding tert-OH is 2. The number of phosphoric acid groups is 1. The van der Waals surface area contributed by atoms with Crippen LogP contribution in [0.4, 0.5) is 5.82 Å². The average molecular weight is 746 g/mol. The molecule has 0 spiro atoms. The Bertz CT molecular complexity index is 1610. The van der Waals surface area contributed by atoms with Gasteiger partial charge >= 0.3 is 7.82 Å². The number of phosphoric ester groups is 1. The predicted octanol–water partition coefficient (Wildman–Crippen LogP) is 5.18. The second-order valence-corrected chi connectivity index (χ2v) is 14.0. The van der Waals surface area contributed by atoms with Gasteiger partial charge in [0, 0.05) is 26.0 Å². The number of hydrogen-bond acceptors (Lipinski definition) is 14. The summed E-state index contributed by atoms with van der Waals surface area (Å²) < 4.78 is 41.4. The molecular formula is C35H52N7O9P. The van der Waals surface area contributed by atoms with Gasteiger partial charge in [-0.05, 0) is 24.6 Å². The predicted molar refractivity (Wildman–Crippen MR) is 191 cm³/mol. The standard InChI is InChI=1S/C35H52N7O9P/c1-3-4-5-6-7-8-9-10-11-12-13-14-19-48-22-28(51-31-18-15-27(20-36)21-39-31)23-49-52(45,46)50-25-35(24-37,47-2)33(44)32(43)29-16-17-30-34(38)40-26-41-42(29)30/h15-18,21,26,28,32-33,43-44H,3-14,19,22-23,25H2,1-2H3,(H,45,46)(H2,38,40,41)/t28-,32+,33+,35-/m1/s1. The summed E-state index contributed by atoms with van der Waals surface area (Å²) in [5.74, 6) is 0.259. The molecule has 0 aliphatic carbocycles. The van der Waals surface area contributed by atoms with E-state index in [0.29, 0.717) is 17.7 Å². The van der Waals surface area contributed by atoms with Crippen LogP contribution in [0.1, 0.15) is 101 Å². The molecule has 0 saturated carbocycles. The van der Waals surface area contributed by atoms with E-state index in [2.05, 4.69) is 22.0 Å². The number of aromatic nitrogens is 4. The number of nitrogen functional groups attached to an aromatic ring is 1. The Morgan fingerprint density at radius 2 is 1.62 bits per heavy atom. The monoisotopic (exact) mass is 745 g/mol. The third-order valence-corrected chi connectivity index (χ3v) is 9.54. The van der Waals surface area contributed by atoms with Crippen molar-refractivity contribution in [2.75, 3.05) is 39.3 Å². The molecule has 0 aliphatic rings. The molecule has 3 aromatic heterocycles. The summed E-state index contributed by atoms with van der Waals surface area (Å²) in [5.41, 5.74) is 4.25. The summed E-state index contributed by atoms with van der Waals surface area (Å²) in [5, 5.41) is 45.1. The molecule has 0 bridgehead atoms. The van der Waals surface area contributed by atoms with Crippen molar-refractivity contribution in [1.29, 1.82) is 10.5 Å². The number of unbranched alkanes of at least 4 members (excludes halogenated alkanes) is 11. The third kappa shape index (κ3) is 13.4. The van der Waals surface area contributed by atoms with Gasteiger partial charge in [-0.1, -0.05) is 77.6 Å². The first-order valence-electron chi connectivity index (χ1n) is 17.7. The van der Waals surface area contributed by atoms with Gasteiger partial charge in [0.2, 0.25) is 11.5 Å². The zero-order valence-electron chi connectivity index (χ0n) is 30.0. The highest BCUT2D eigenvalue weighted by molar-refractivity contribution is 7.47. The van der Waals surface area contributed by atoms with Crippen molar-refractivity contribution in [2.45, 2.75) is 108 Å². The molecule has 0 saturated heterocycles. The molecule has 3 rings (SSSR count). The van der Waals surface area contributed by atoms with Crippen molar-refractivity contribution < 1.29 is 42.9 Å². The third-order valence-electron chi connectivity index (χ3n) is 8.61. The number of nitriles is 2. The Morgan fingerprint density at radius 1 is 0.942 bits per heavy atom. The van der Waals surface area contributed by atoms with Gasteiger partial charge in [-0.2, -0.15) is 15.6 Å². The lowest BCUT2D eigenvalue weighted by molar-refractivity contribution is -0.134. The molecule has 0 fully saturated rings. The summed E-state index contributed by atoms with van der Waals surface area (Å²) >= 11 is 0. The number of anilines is 1. The summed E-state index contributed by atoms with van der Waals surface area (Å²) in [6, 6.07) is 9.63. The molecule has 3 heterocycles. The van der Waals surface area contributed by atoms with Crippen molar-refractivity contribution >= 4 is 19.2 Å². The lowest BCUT2D eigenvalue weighted by Gasteiger charge is -2.33. The van der Waals surface area contributed by atoms with Crippen molar-refractivity contribution in [3.8, 4) is 18.0 Å². The van der Waals surface area contributed by atoms with E-state index >= 15 is 0 Å². The van der Waals surface area contributed by atoms with Gasteiger partial charge in [0.25, 0.3) is 0 Å². The molecule has 0 aliphatic heterocycles. The van der Waals surface area contributed by atoms with Crippen LogP contribution in [0.5, 0.6) is 5.88 Å². The van der Waals surface area contributed by atoms with Gasteiger partial charge in [-0.15, -0.1) is 0 Å². The number of hydrogen-bond donors (Lipinski definition) is 4. The number of rotatable bonds is 27. The van der Waals surface area contributed by atoms with E-state index < -0.39 is 44.9 Å². The number of aliphatic hydroxyl groups is 2. The van der Waals surface area contributed by atoms with Gasteiger partial charge in [0.05, 0.1) is 24.5 Å². The molecule has 0 amide bonds. The van der Waals surface area contributed by atoms with Gasteiger partial charge in [0.15, 0.2) is 5.82 Å². The lowest BCUT2D eigenvalue weighted by Crippen LogP contribution is -2.50. The van der Waals surface area contributed by atoms with Crippen LogP contribution < -0.4 is 10.5 Å². The average Bonchev–Trinajstić information content (AvgIpc) is 3.60. The van der Waals surface area contributed by atoms with Crippen molar-refractivity contribution in [2.24, 2.45) is 0 Å². The molecule has 0 radical (unpaired) electrons. The Balaban J connectivity index is 1.51. The second-order valence-electron chi connectivity index (χ2n) is 12.5. The minimum atomic E-state index is -4.90. The first-order chi connectivity index (χ1) is 25.1. The van der Waals surface area contributed by atoms with Gasteiger partial charge in [0.1, 0.15) is 48.9 Å². The highest BCUT2D eigenvalue weighted by atomic mass is 31.2. The number of methoxy groups -OCH3 is 1. The smallest absolute Gasteiger partial charge is 0.469 e. The largest absolute Gasteiger partial charge is 0.472 e. The van der Waals surface area contributed by atoms with Crippen LogP contribution in [0.25, 0.3) is 5.52 Å². The molecule has 5 atom stereocenters. The first-order valence-corrected chi connectivity index (χ1v) is 19.2.